The number of ether oxygens (including phenoxy) is 2. The summed E-state index contributed by atoms with van der Waals surface area (Å²) in [6, 6.07) is 13.0. The summed E-state index contributed by atoms with van der Waals surface area (Å²) >= 11 is 3.41. The third-order valence-electron chi connectivity index (χ3n) is 3.13. The maximum atomic E-state index is 11.4. The highest BCUT2D eigenvalue weighted by atomic mass is 79.9. The minimum atomic E-state index is -0.305. The fourth-order valence-electron chi connectivity index (χ4n) is 2.07. The predicted octanol–water partition coefficient (Wildman–Crippen LogP) is 3.24. The summed E-state index contributed by atoms with van der Waals surface area (Å²) in [4.78, 5) is 11.4. The Morgan fingerprint density at radius 1 is 1.18 bits per heavy atom. The number of hydrogen-bond donors (Lipinski definition) is 1. The summed E-state index contributed by atoms with van der Waals surface area (Å²) < 4.78 is 11.4. The average Bonchev–Trinajstić information content (AvgIpc) is 2.53. The van der Waals surface area contributed by atoms with Gasteiger partial charge >= 0.3 is 5.97 Å². The van der Waals surface area contributed by atoms with Crippen LogP contribution < -0.4 is 4.74 Å². The topological polar surface area (TPSA) is 55.8 Å². The number of aliphatic hydroxyl groups is 1. The van der Waals surface area contributed by atoms with Crippen LogP contribution in [0.2, 0.25) is 0 Å². The van der Waals surface area contributed by atoms with Crippen molar-refractivity contribution in [2.45, 2.75) is 19.6 Å². The van der Waals surface area contributed by atoms with E-state index in [4.69, 9.17) is 4.74 Å². The van der Waals surface area contributed by atoms with Crippen molar-refractivity contribution >= 4 is 21.9 Å². The number of esters is 1. The van der Waals surface area contributed by atoms with E-state index >= 15 is 0 Å². The zero-order valence-corrected chi connectivity index (χ0v) is 13.8. The van der Waals surface area contributed by atoms with Gasteiger partial charge in [0.1, 0.15) is 12.4 Å². The van der Waals surface area contributed by atoms with Crippen LogP contribution >= 0.6 is 15.9 Å². The summed E-state index contributed by atoms with van der Waals surface area (Å²) in [5.41, 5.74) is 2.54. The Bertz CT molecular complexity index is 655. The molecule has 1 N–H and O–H groups in total. The summed E-state index contributed by atoms with van der Waals surface area (Å²) in [5.74, 6) is 0.347. The second kappa shape index (κ2) is 7.96. The number of para-hydroxylation sites is 1. The highest BCUT2D eigenvalue weighted by molar-refractivity contribution is 9.10. The second-order valence-electron chi connectivity index (χ2n) is 4.78. The average molecular weight is 365 g/mol. The molecule has 0 saturated carbocycles. The Morgan fingerprint density at radius 3 is 2.64 bits per heavy atom. The molecule has 0 atom stereocenters. The molecular formula is C17H17BrO4. The van der Waals surface area contributed by atoms with Crippen molar-refractivity contribution in [1.29, 1.82) is 0 Å². The van der Waals surface area contributed by atoms with Crippen LogP contribution in [0.5, 0.6) is 5.75 Å². The third kappa shape index (κ3) is 4.58. The predicted molar refractivity (Wildman–Crippen MR) is 86.6 cm³/mol. The molecule has 0 heterocycles. The molecule has 0 aliphatic rings. The SMILES string of the molecule is COC(=O)Cc1ccccc1OCc1cc(Br)cc(CO)c1. The Hall–Kier alpha value is -1.85. The van der Waals surface area contributed by atoms with Crippen LogP contribution in [0.3, 0.4) is 0 Å². The third-order valence-corrected chi connectivity index (χ3v) is 3.59. The van der Waals surface area contributed by atoms with Crippen LogP contribution in [0, 0.1) is 0 Å². The van der Waals surface area contributed by atoms with E-state index < -0.39 is 0 Å². The summed E-state index contributed by atoms with van der Waals surface area (Å²) in [5, 5.41) is 9.23. The van der Waals surface area contributed by atoms with Gasteiger partial charge in [-0.3, -0.25) is 4.79 Å². The number of benzene rings is 2. The Morgan fingerprint density at radius 2 is 1.91 bits per heavy atom. The number of methoxy groups -OCH3 is 1. The van der Waals surface area contributed by atoms with E-state index in [1.807, 2.05) is 42.5 Å². The zero-order chi connectivity index (χ0) is 15.9. The van der Waals surface area contributed by atoms with Gasteiger partial charge in [-0.05, 0) is 29.3 Å². The minimum Gasteiger partial charge on any atom is -0.489 e. The molecule has 0 radical (unpaired) electrons. The highest BCUT2D eigenvalue weighted by Crippen LogP contribution is 2.22. The number of hydrogen-bond acceptors (Lipinski definition) is 4. The molecule has 0 saturated heterocycles. The van der Waals surface area contributed by atoms with Crippen LogP contribution in [0.15, 0.2) is 46.9 Å². The van der Waals surface area contributed by atoms with Crippen molar-refractivity contribution in [3.8, 4) is 5.75 Å². The van der Waals surface area contributed by atoms with E-state index in [9.17, 15) is 9.90 Å². The Kier molecular flexibility index (Phi) is 5.98. The number of carbonyl (C=O) groups excluding carboxylic acids is 1. The molecule has 0 aliphatic heterocycles. The van der Waals surface area contributed by atoms with Crippen molar-refractivity contribution in [2.75, 3.05) is 7.11 Å². The van der Waals surface area contributed by atoms with Gasteiger partial charge in [0, 0.05) is 10.0 Å². The van der Waals surface area contributed by atoms with Gasteiger partial charge < -0.3 is 14.6 Å². The number of rotatable bonds is 6. The molecule has 0 bridgehead atoms. The lowest BCUT2D eigenvalue weighted by Crippen LogP contribution is -2.07. The first-order chi connectivity index (χ1) is 10.6. The van der Waals surface area contributed by atoms with E-state index in [1.54, 1.807) is 0 Å². The molecule has 0 amide bonds. The standard InChI is InChI=1S/C17H17BrO4/c1-21-17(20)9-14-4-2-3-5-16(14)22-11-13-6-12(10-19)7-15(18)8-13/h2-8,19H,9-11H2,1H3. The van der Waals surface area contributed by atoms with Gasteiger partial charge in [-0.15, -0.1) is 0 Å². The smallest absolute Gasteiger partial charge is 0.310 e. The fourth-order valence-corrected chi connectivity index (χ4v) is 2.66. The summed E-state index contributed by atoms with van der Waals surface area (Å²) in [6.07, 6.45) is 0.174. The largest absolute Gasteiger partial charge is 0.489 e. The van der Waals surface area contributed by atoms with Crippen LogP contribution in [-0.2, 0) is 29.2 Å². The quantitative estimate of drug-likeness (QED) is 0.799. The number of aliphatic hydroxyl groups excluding tert-OH is 1. The van der Waals surface area contributed by atoms with Crippen LogP contribution in [0.1, 0.15) is 16.7 Å². The van der Waals surface area contributed by atoms with E-state index in [0.29, 0.717) is 12.4 Å². The van der Waals surface area contributed by atoms with Gasteiger partial charge in [-0.25, -0.2) is 0 Å². The van der Waals surface area contributed by atoms with E-state index in [-0.39, 0.29) is 19.0 Å². The van der Waals surface area contributed by atoms with Crippen LogP contribution in [0.25, 0.3) is 0 Å². The van der Waals surface area contributed by atoms with Crippen molar-refractivity contribution in [2.24, 2.45) is 0 Å². The first-order valence-electron chi connectivity index (χ1n) is 6.79. The van der Waals surface area contributed by atoms with Gasteiger partial charge in [0.2, 0.25) is 0 Å². The normalized spacial score (nSPS) is 10.3. The number of halogens is 1. The molecule has 4 nitrogen and oxygen atoms in total. The molecule has 5 heteroatoms. The van der Waals surface area contributed by atoms with Crippen molar-refractivity contribution in [1.82, 2.24) is 0 Å². The Labute approximate surface area is 137 Å². The molecule has 0 fully saturated rings. The molecule has 0 spiro atoms. The van der Waals surface area contributed by atoms with Gasteiger partial charge in [-0.1, -0.05) is 40.2 Å². The summed E-state index contributed by atoms with van der Waals surface area (Å²) in [7, 11) is 1.36. The Balaban J connectivity index is 2.11. The highest BCUT2D eigenvalue weighted by Gasteiger charge is 2.09. The lowest BCUT2D eigenvalue weighted by molar-refractivity contribution is -0.139. The van der Waals surface area contributed by atoms with Gasteiger partial charge in [0.05, 0.1) is 20.1 Å². The van der Waals surface area contributed by atoms with Crippen molar-refractivity contribution in [3.63, 3.8) is 0 Å². The lowest BCUT2D eigenvalue weighted by Gasteiger charge is -2.12. The van der Waals surface area contributed by atoms with Crippen molar-refractivity contribution in [3.05, 3.63) is 63.6 Å². The molecule has 0 unspecified atom stereocenters. The molecule has 0 aliphatic carbocycles. The zero-order valence-electron chi connectivity index (χ0n) is 12.2. The molecule has 0 aromatic heterocycles. The molecule has 2 rings (SSSR count). The van der Waals surface area contributed by atoms with Gasteiger partial charge in [0.25, 0.3) is 0 Å². The van der Waals surface area contributed by atoms with Crippen LogP contribution in [-0.4, -0.2) is 18.2 Å². The molecule has 2 aromatic carbocycles. The summed E-state index contributed by atoms with van der Waals surface area (Å²) in [6.45, 7) is 0.329. The fraction of sp³-hybridized carbons (Fsp3) is 0.235. The second-order valence-corrected chi connectivity index (χ2v) is 5.69. The van der Waals surface area contributed by atoms with Crippen LogP contribution in [0.4, 0.5) is 0 Å². The van der Waals surface area contributed by atoms with E-state index in [0.717, 1.165) is 21.2 Å². The maximum Gasteiger partial charge on any atom is 0.310 e. The first-order valence-corrected chi connectivity index (χ1v) is 7.58. The molecular weight excluding hydrogens is 348 g/mol. The molecule has 116 valence electrons. The maximum absolute atomic E-state index is 11.4. The van der Waals surface area contributed by atoms with E-state index in [2.05, 4.69) is 20.7 Å². The number of carbonyl (C=O) groups is 1. The van der Waals surface area contributed by atoms with Gasteiger partial charge in [-0.2, -0.15) is 0 Å². The monoisotopic (exact) mass is 364 g/mol. The minimum absolute atomic E-state index is 0.0225. The molecule has 2 aromatic rings. The lowest BCUT2D eigenvalue weighted by atomic mass is 10.1. The van der Waals surface area contributed by atoms with Crippen molar-refractivity contribution < 1.29 is 19.4 Å². The van der Waals surface area contributed by atoms with Gasteiger partial charge in [0.15, 0.2) is 0 Å². The molecule has 22 heavy (non-hydrogen) atoms. The van der Waals surface area contributed by atoms with E-state index in [1.165, 1.54) is 7.11 Å². The first kappa shape index (κ1) is 16.5.